The third-order valence-corrected chi connectivity index (χ3v) is 3.94. The van der Waals surface area contributed by atoms with Gasteiger partial charge >= 0.3 is 0 Å². The molecule has 0 aliphatic carbocycles. The summed E-state index contributed by atoms with van der Waals surface area (Å²) in [5, 5.41) is 16.4. The molecule has 2 aromatic carbocycles. The minimum absolute atomic E-state index is 0.191. The summed E-state index contributed by atoms with van der Waals surface area (Å²) in [5.41, 5.74) is 5.41. The number of nitrogens with zero attached hydrogens (tertiary/aromatic N) is 2. The predicted octanol–water partition coefficient (Wildman–Crippen LogP) is 3.97. The van der Waals surface area contributed by atoms with Gasteiger partial charge in [-0.2, -0.15) is 5.10 Å². The lowest BCUT2D eigenvalue weighted by Gasteiger charge is -2.00. The summed E-state index contributed by atoms with van der Waals surface area (Å²) in [6.45, 7) is 0. The lowest BCUT2D eigenvalue weighted by molar-refractivity contribution is 0.415. The number of nitrogens with one attached hydrogen (secondary N) is 1. The molecule has 2 N–H and O–H groups in total. The van der Waals surface area contributed by atoms with Crippen LogP contribution in [-0.4, -0.2) is 23.4 Å². The van der Waals surface area contributed by atoms with Crippen molar-refractivity contribution in [2.75, 3.05) is 12.5 Å². The Bertz CT molecular complexity index is 813. The first kappa shape index (κ1) is 15.1. The van der Waals surface area contributed by atoms with Gasteiger partial charge in [-0.1, -0.05) is 12.1 Å². The summed E-state index contributed by atoms with van der Waals surface area (Å²) < 4.78 is 5.15. The number of aromatic hydroxyl groups is 1. The van der Waals surface area contributed by atoms with Gasteiger partial charge in [-0.05, 0) is 36.4 Å². The lowest BCUT2D eigenvalue weighted by Crippen LogP contribution is -1.90. The molecule has 0 atom stereocenters. The Morgan fingerprint density at radius 2 is 1.96 bits per heavy atom. The van der Waals surface area contributed by atoms with Crippen molar-refractivity contribution in [2.24, 2.45) is 5.10 Å². The van der Waals surface area contributed by atoms with Crippen LogP contribution < -0.4 is 10.2 Å². The zero-order chi connectivity index (χ0) is 16.1. The summed E-state index contributed by atoms with van der Waals surface area (Å²) >= 11 is 1.46. The average Bonchev–Trinajstić information content (AvgIpc) is 3.06. The highest BCUT2D eigenvalue weighted by Crippen LogP contribution is 2.26. The van der Waals surface area contributed by atoms with E-state index in [1.807, 2.05) is 35.7 Å². The molecule has 23 heavy (non-hydrogen) atoms. The number of rotatable bonds is 5. The second kappa shape index (κ2) is 6.93. The van der Waals surface area contributed by atoms with Crippen LogP contribution in [0.15, 0.2) is 59.0 Å². The molecule has 3 aromatic rings. The topological polar surface area (TPSA) is 66.7 Å². The Morgan fingerprint density at radius 1 is 1.17 bits per heavy atom. The first-order valence-corrected chi connectivity index (χ1v) is 7.81. The van der Waals surface area contributed by atoms with Crippen LogP contribution in [0.25, 0.3) is 11.3 Å². The van der Waals surface area contributed by atoms with Crippen LogP contribution in [0, 0.1) is 0 Å². The van der Waals surface area contributed by atoms with Crippen molar-refractivity contribution in [3.05, 3.63) is 59.5 Å². The maximum atomic E-state index is 9.66. The Labute approximate surface area is 137 Å². The zero-order valence-electron chi connectivity index (χ0n) is 12.4. The molecule has 3 rings (SSSR count). The fourth-order valence-electron chi connectivity index (χ4n) is 1.97. The quantitative estimate of drug-likeness (QED) is 0.550. The summed E-state index contributed by atoms with van der Waals surface area (Å²) in [6, 6.07) is 14.7. The molecule has 0 saturated heterocycles. The molecule has 116 valence electrons. The average molecular weight is 325 g/mol. The van der Waals surface area contributed by atoms with Gasteiger partial charge in [-0.15, -0.1) is 11.3 Å². The van der Waals surface area contributed by atoms with Crippen LogP contribution in [0.5, 0.6) is 11.5 Å². The summed E-state index contributed by atoms with van der Waals surface area (Å²) in [6.07, 6.45) is 1.56. The largest absolute Gasteiger partial charge is 0.507 e. The minimum atomic E-state index is 0.191. The Hall–Kier alpha value is -2.86. The van der Waals surface area contributed by atoms with Crippen molar-refractivity contribution >= 4 is 22.7 Å². The van der Waals surface area contributed by atoms with E-state index < -0.39 is 0 Å². The van der Waals surface area contributed by atoms with Crippen LogP contribution in [0.2, 0.25) is 0 Å². The van der Waals surface area contributed by atoms with Gasteiger partial charge in [-0.3, -0.25) is 5.43 Å². The maximum Gasteiger partial charge on any atom is 0.203 e. The van der Waals surface area contributed by atoms with E-state index in [9.17, 15) is 5.11 Å². The smallest absolute Gasteiger partial charge is 0.203 e. The molecule has 0 fully saturated rings. The van der Waals surface area contributed by atoms with E-state index in [2.05, 4.69) is 15.5 Å². The van der Waals surface area contributed by atoms with E-state index in [4.69, 9.17) is 4.74 Å². The van der Waals surface area contributed by atoms with Gasteiger partial charge in [0.05, 0.1) is 19.0 Å². The van der Waals surface area contributed by atoms with Crippen LogP contribution in [0.1, 0.15) is 5.56 Å². The molecule has 1 aromatic heterocycles. The van der Waals surface area contributed by atoms with Crippen molar-refractivity contribution < 1.29 is 9.84 Å². The van der Waals surface area contributed by atoms with Gasteiger partial charge in [-0.25, -0.2) is 4.98 Å². The van der Waals surface area contributed by atoms with Crippen LogP contribution >= 0.6 is 11.3 Å². The normalized spacial score (nSPS) is 10.8. The first-order valence-electron chi connectivity index (χ1n) is 6.93. The Balaban J connectivity index is 1.68. The van der Waals surface area contributed by atoms with Crippen LogP contribution in [0.4, 0.5) is 5.13 Å². The highest BCUT2D eigenvalue weighted by atomic mass is 32.1. The van der Waals surface area contributed by atoms with Gasteiger partial charge in [0, 0.05) is 16.5 Å². The van der Waals surface area contributed by atoms with Gasteiger partial charge < -0.3 is 9.84 Å². The van der Waals surface area contributed by atoms with E-state index in [-0.39, 0.29) is 5.75 Å². The number of hydrogen-bond donors (Lipinski definition) is 2. The van der Waals surface area contributed by atoms with Gasteiger partial charge in [0.1, 0.15) is 11.5 Å². The van der Waals surface area contributed by atoms with Crippen molar-refractivity contribution in [1.82, 2.24) is 4.98 Å². The van der Waals surface area contributed by atoms with Gasteiger partial charge in [0.2, 0.25) is 5.13 Å². The minimum Gasteiger partial charge on any atom is -0.507 e. The number of phenolic OH excluding ortho intramolecular Hbond substituents is 1. The number of thiazole rings is 1. The van der Waals surface area contributed by atoms with Gasteiger partial charge in [0.15, 0.2) is 0 Å². The molecular formula is C17H15N3O2S. The summed E-state index contributed by atoms with van der Waals surface area (Å²) in [4.78, 5) is 4.48. The third-order valence-electron chi connectivity index (χ3n) is 3.19. The van der Waals surface area contributed by atoms with Crippen molar-refractivity contribution in [3.8, 4) is 22.8 Å². The lowest BCUT2D eigenvalue weighted by atomic mass is 10.2. The number of hydrazone groups is 1. The fraction of sp³-hybridized carbons (Fsp3) is 0.0588. The number of hydrogen-bond acceptors (Lipinski definition) is 6. The highest BCUT2D eigenvalue weighted by molar-refractivity contribution is 7.14. The number of anilines is 1. The van der Waals surface area contributed by atoms with Crippen LogP contribution in [-0.2, 0) is 0 Å². The third kappa shape index (κ3) is 3.67. The number of ether oxygens (including phenoxy) is 1. The van der Waals surface area contributed by atoms with E-state index in [1.54, 1.807) is 31.5 Å². The summed E-state index contributed by atoms with van der Waals surface area (Å²) in [7, 11) is 1.64. The molecule has 0 amide bonds. The van der Waals surface area contributed by atoms with E-state index >= 15 is 0 Å². The predicted molar refractivity (Wildman–Crippen MR) is 93.4 cm³/mol. The molecule has 0 saturated carbocycles. The van der Waals surface area contributed by atoms with Crippen molar-refractivity contribution in [3.63, 3.8) is 0 Å². The molecule has 0 aliphatic rings. The molecule has 5 nitrogen and oxygen atoms in total. The Morgan fingerprint density at radius 3 is 2.70 bits per heavy atom. The number of para-hydroxylation sites is 1. The fourth-order valence-corrected chi connectivity index (χ4v) is 2.64. The van der Waals surface area contributed by atoms with Crippen LogP contribution in [0.3, 0.4) is 0 Å². The maximum absolute atomic E-state index is 9.66. The van der Waals surface area contributed by atoms with Gasteiger partial charge in [0.25, 0.3) is 0 Å². The van der Waals surface area contributed by atoms with Crippen molar-refractivity contribution in [2.45, 2.75) is 0 Å². The van der Waals surface area contributed by atoms with E-state index in [0.717, 1.165) is 17.0 Å². The SMILES string of the molecule is COc1ccc(-c2csc(N/N=C\c3ccccc3O)n2)cc1. The number of methoxy groups -OCH3 is 1. The zero-order valence-corrected chi connectivity index (χ0v) is 13.2. The van der Waals surface area contributed by atoms with Crippen molar-refractivity contribution in [1.29, 1.82) is 0 Å². The monoisotopic (exact) mass is 325 g/mol. The standard InChI is InChI=1S/C17H15N3O2S/c1-22-14-8-6-12(7-9-14)15-11-23-17(19-15)20-18-10-13-4-2-3-5-16(13)21/h2-11,21H,1H3,(H,19,20)/b18-10-. The number of benzene rings is 2. The van der Waals surface area contributed by atoms with E-state index in [1.165, 1.54) is 11.3 Å². The molecule has 0 radical (unpaired) electrons. The number of aromatic nitrogens is 1. The van der Waals surface area contributed by atoms with E-state index in [0.29, 0.717) is 10.7 Å². The second-order valence-electron chi connectivity index (χ2n) is 4.70. The molecule has 0 spiro atoms. The molecule has 0 aliphatic heterocycles. The molecular weight excluding hydrogens is 310 g/mol. The molecule has 6 heteroatoms. The highest BCUT2D eigenvalue weighted by Gasteiger charge is 2.04. The number of phenols is 1. The molecule has 0 bridgehead atoms. The molecule has 0 unspecified atom stereocenters. The molecule has 1 heterocycles. The summed E-state index contributed by atoms with van der Waals surface area (Å²) in [5.74, 6) is 1.01. The first-order chi connectivity index (χ1) is 11.3. The second-order valence-corrected chi connectivity index (χ2v) is 5.55. The Kier molecular flexibility index (Phi) is 4.54.